The van der Waals surface area contributed by atoms with Gasteiger partial charge < -0.3 is 9.80 Å². The molecule has 28 heavy (non-hydrogen) atoms. The first kappa shape index (κ1) is 17.6. The summed E-state index contributed by atoms with van der Waals surface area (Å²) < 4.78 is 0. The summed E-state index contributed by atoms with van der Waals surface area (Å²) in [7, 11) is 0. The first-order valence-electron chi connectivity index (χ1n) is 9.41. The second-order valence-corrected chi connectivity index (χ2v) is 9.15. The Balaban J connectivity index is 1.17. The molecule has 144 valence electrons. The van der Waals surface area contributed by atoms with Crippen LogP contribution in [0.2, 0.25) is 0 Å². The molecule has 8 heteroatoms. The molecule has 0 bridgehead atoms. The number of amides is 2. The van der Waals surface area contributed by atoms with Crippen molar-refractivity contribution < 1.29 is 9.59 Å². The van der Waals surface area contributed by atoms with E-state index in [1.54, 1.807) is 27.6 Å². The molecule has 2 atom stereocenters. The molecule has 1 aliphatic heterocycles. The van der Waals surface area contributed by atoms with Crippen molar-refractivity contribution in [3.8, 4) is 10.6 Å². The Labute approximate surface area is 170 Å². The number of piperazine rings is 1. The standard InChI is InChI=1S/C20H20N4O2S2/c25-19(14-11-13(14)17-3-1-9-27-17)23-5-7-24(8-6-23)20(26)16-12-15(21-22-16)18-4-2-10-28-18/h1-4,9-10,12-14H,5-8,11H2,(H,21,22). The van der Waals surface area contributed by atoms with E-state index in [0.29, 0.717) is 37.8 Å². The van der Waals surface area contributed by atoms with Crippen LogP contribution in [0.4, 0.5) is 0 Å². The molecule has 6 nitrogen and oxygen atoms in total. The Morgan fingerprint density at radius 1 is 1.04 bits per heavy atom. The third kappa shape index (κ3) is 3.27. The summed E-state index contributed by atoms with van der Waals surface area (Å²) in [6.07, 6.45) is 0.956. The molecule has 2 unspecified atom stereocenters. The van der Waals surface area contributed by atoms with Crippen molar-refractivity contribution in [2.75, 3.05) is 26.2 Å². The number of thiophene rings is 2. The summed E-state index contributed by atoms with van der Waals surface area (Å²) in [5, 5.41) is 11.2. The predicted molar refractivity (Wildman–Crippen MR) is 110 cm³/mol. The summed E-state index contributed by atoms with van der Waals surface area (Å²) in [6.45, 7) is 2.31. The molecule has 3 aromatic heterocycles. The third-order valence-electron chi connectivity index (χ3n) is 5.48. The lowest BCUT2D eigenvalue weighted by atomic mass is 10.2. The van der Waals surface area contributed by atoms with Gasteiger partial charge in [-0.3, -0.25) is 14.7 Å². The predicted octanol–water partition coefficient (Wildman–Crippen LogP) is 3.29. The van der Waals surface area contributed by atoms with Crippen LogP contribution in [0.3, 0.4) is 0 Å². The lowest BCUT2D eigenvalue weighted by molar-refractivity contribution is -0.134. The van der Waals surface area contributed by atoms with E-state index in [4.69, 9.17) is 0 Å². The minimum Gasteiger partial charge on any atom is -0.339 e. The number of nitrogens with one attached hydrogen (secondary N) is 1. The molecule has 0 radical (unpaired) electrons. The average Bonchev–Trinajstić information content (AvgIpc) is 3.21. The van der Waals surface area contributed by atoms with Gasteiger partial charge >= 0.3 is 0 Å². The van der Waals surface area contributed by atoms with Gasteiger partial charge in [0.05, 0.1) is 10.6 Å². The SMILES string of the molecule is O=C(c1cc(-c2cccs2)[nH]n1)N1CCN(C(=O)C2CC2c2cccs2)CC1. The monoisotopic (exact) mass is 412 g/mol. The van der Waals surface area contributed by atoms with Gasteiger partial charge in [-0.05, 0) is 35.4 Å². The number of carbonyl (C=O) groups excluding carboxylic acids is 2. The van der Waals surface area contributed by atoms with Gasteiger partial charge in [-0.1, -0.05) is 12.1 Å². The van der Waals surface area contributed by atoms with Gasteiger partial charge in [-0.15, -0.1) is 22.7 Å². The molecule has 2 aliphatic rings. The van der Waals surface area contributed by atoms with E-state index in [0.717, 1.165) is 17.0 Å². The summed E-state index contributed by atoms with van der Waals surface area (Å²) in [5.74, 6) is 0.687. The van der Waals surface area contributed by atoms with E-state index in [9.17, 15) is 9.59 Å². The fourth-order valence-electron chi connectivity index (χ4n) is 3.80. The Kier molecular flexibility index (Phi) is 4.52. The highest BCUT2D eigenvalue weighted by Crippen LogP contribution is 2.50. The lowest BCUT2D eigenvalue weighted by Crippen LogP contribution is -2.51. The zero-order chi connectivity index (χ0) is 19.1. The minimum absolute atomic E-state index is 0.0750. The van der Waals surface area contributed by atoms with Crippen molar-refractivity contribution >= 4 is 34.5 Å². The molecule has 0 spiro atoms. The maximum Gasteiger partial charge on any atom is 0.274 e. The number of H-pyrrole nitrogens is 1. The fourth-order valence-corrected chi connectivity index (χ4v) is 5.40. The zero-order valence-corrected chi connectivity index (χ0v) is 16.8. The molecule has 1 saturated heterocycles. The van der Waals surface area contributed by atoms with E-state index in [1.807, 2.05) is 34.5 Å². The molecule has 0 aromatic carbocycles. The van der Waals surface area contributed by atoms with Crippen molar-refractivity contribution in [1.29, 1.82) is 0 Å². The molecule has 5 rings (SSSR count). The Morgan fingerprint density at radius 2 is 1.79 bits per heavy atom. The average molecular weight is 413 g/mol. The molecule has 3 aromatic rings. The quantitative estimate of drug-likeness (QED) is 0.715. The Morgan fingerprint density at radius 3 is 2.50 bits per heavy atom. The van der Waals surface area contributed by atoms with Gasteiger partial charge in [0.25, 0.3) is 5.91 Å². The maximum atomic E-state index is 12.8. The van der Waals surface area contributed by atoms with Crippen LogP contribution < -0.4 is 0 Å². The highest BCUT2D eigenvalue weighted by molar-refractivity contribution is 7.13. The highest BCUT2D eigenvalue weighted by Gasteiger charge is 2.46. The summed E-state index contributed by atoms with van der Waals surface area (Å²) in [5.41, 5.74) is 1.30. The van der Waals surface area contributed by atoms with Crippen LogP contribution >= 0.6 is 22.7 Å². The van der Waals surface area contributed by atoms with E-state index in [-0.39, 0.29) is 17.7 Å². The first-order chi connectivity index (χ1) is 13.7. The summed E-state index contributed by atoms with van der Waals surface area (Å²) in [4.78, 5) is 31.6. The van der Waals surface area contributed by atoms with Gasteiger partial charge in [0.2, 0.25) is 5.91 Å². The highest BCUT2D eigenvalue weighted by atomic mass is 32.1. The first-order valence-corrected chi connectivity index (χ1v) is 11.2. The summed E-state index contributed by atoms with van der Waals surface area (Å²) >= 11 is 3.34. The van der Waals surface area contributed by atoms with Crippen LogP contribution in [0, 0.1) is 5.92 Å². The number of hydrogen-bond acceptors (Lipinski definition) is 5. The Hall–Kier alpha value is -2.45. The van der Waals surface area contributed by atoms with Crippen molar-refractivity contribution in [3.63, 3.8) is 0 Å². The molecule has 1 aliphatic carbocycles. The van der Waals surface area contributed by atoms with Crippen LogP contribution in [0.1, 0.15) is 27.7 Å². The molecule has 4 heterocycles. The second kappa shape index (κ2) is 7.18. The van der Waals surface area contributed by atoms with E-state index in [2.05, 4.69) is 21.6 Å². The van der Waals surface area contributed by atoms with Crippen LogP contribution in [0.25, 0.3) is 10.6 Å². The lowest BCUT2D eigenvalue weighted by Gasteiger charge is -2.34. The van der Waals surface area contributed by atoms with Crippen LogP contribution in [0.5, 0.6) is 0 Å². The van der Waals surface area contributed by atoms with Crippen molar-refractivity contribution in [2.24, 2.45) is 5.92 Å². The molecular formula is C20H20N4O2S2. The molecule has 1 N–H and O–H groups in total. The molecule has 2 fully saturated rings. The van der Waals surface area contributed by atoms with Gasteiger partial charge in [0.1, 0.15) is 0 Å². The zero-order valence-electron chi connectivity index (χ0n) is 15.2. The van der Waals surface area contributed by atoms with Gasteiger partial charge in [0, 0.05) is 42.9 Å². The largest absolute Gasteiger partial charge is 0.339 e. The van der Waals surface area contributed by atoms with Crippen LogP contribution in [-0.4, -0.2) is 58.0 Å². The third-order valence-corrected chi connectivity index (χ3v) is 7.39. The number of carbonyl (C=O) groups is 2. The number of hydrogen-bond donors (Lipinski definition) is 1. The van der Waals surface area contributed by atoms with Crippen molar-refractivity contribution in [3.05, 3.63) is 51.7 Å². The summed E-state index contributed by atoms with van der Waals surface area (Å²) in [6, 6.07) is 9.94. The number of aromatic amines is 1. The Bertz CT molecular complexity index is 972. The normalized spacial score (nSPS) is 21.7. The van der Waals surface area contributed by atoms with E-state index in [1.165, 1.54) is 4.88 Å². The van der Waals surface area contributed by atoms with E-state index >= 15 is 0 Å². The second-order valence-electron chi connectivity index (χ2n) is 7.23. The van der Waals surface area contributed by atoms with Gasteiger partial charge in [-0.2, -0.15) is 5.10 Å². The molecular weight excluding hydrogens is 392 g/mol. The van der Waals surface area contributed by atoms with Gasteiger partial charge in [0.15, 0.2) is 5.69 Å². The fraction of sp³-hybridized carbons (Fsp3) is 0.350. The molecule has 2 amide bonds. The van der Waals surface area contributed by atoms with Crippen molar-refractivity contribution in [2.45, 2.75) is 12.3 Å². The number of nitrogens with zero attached hydrogens (tertiary/aromatic N) is 3. The minimum atomic E-state index is -0.0750. The van der Waals surface area contributed by atoms with Crippen molar-refractivity contribution in [1.82, 2.24) is 20.0 Å². The maximum absolute atomic E-state index is 12.8. The van der Waals surface area contributed by atoms with Crippen LogP contribution in [0.15, 0.2) is 41.1 Å². The van der Waals surface area contributed by atoms with Gasteiger partial charge in [-0.25, -0.2) is 0 Å². The smallest absolute Gasteiger partial charge is 0.274 e. The van der Waals surface area contributed by atoms with Crippen LogP contribution in [-0.2, 0) is 4.79 Å². The van der Waals surface area contributed by atoms with E-state index < -0.39 is 0 Å². The topological polar surface area (TPSA) is 69.3 Å². The molecule has 1 saturated carbocycles. The number of aromatic nitrogens is 2. The number of rotatable bonds is 4.